The number of nitrogen functional groups attached to an aromatic ring is 2. The number of benzene rings is 2. The number of anilines is 2. The van der Waals surface area contributed by atoms with Gasteiger partial charge in [0.2, 0.25) is 5.78 Å². The van der Waals surface area contributed by atoms with Gasteiger partial charge >= 0.3 is 0 Å². The average Bonchev–Trinajstić information content (AvgIpc) is 3.02. The predicted octanol–water partition coefficient (Wildman–Crippen LogP) is 5.02. The molecule has 0 atom stereocenters. The van der Waals surface area contributed by atoms with Gasteiger partial charge in [0.15, 0.2) is 0 Å². The van der Waals surface area contributed by atoms with Crippen LogP contribution in [0.5, 0.6) is 0 Å². The first kappa shape index (κ1) is 18.9. The summed E-state index contributed by atoms with van der Waals surface area (Å²) >= 11 is 7.06. The summed E-state index contributed by atoms with van der Waals surface area (Å²) < 4.78 is 13.9. The Balaban J connectivity index is 2.03. The van der Waals surface area contributed by atoms with Gasteiger partial charge in [-0.05, 0) is 29.8 Å². The van der Waals surface area contributed by atoms with Crippen LogP contribution < -0.4 is 11.5 Å². The number of carbonyl (C=O) groups is 1. The van der Waals surface area contributed by atoms with Gasteiger partial charge in [-0.15, -0.1) is 11.3 Å². The molecule has 8 heteroatoms. The largest absolute Gasteiger partial charge is 0.397 e. The number of nitrogens with zero attached hydrogens (tertiary/aromatic N) is 2. The van der Waals surface area contributed by atoms with Crippen LogP contribution >= 0.6 is 22.9 Å². The average molecular weight is 423 g/mol. The Kier molecular flexibility index (Phi) is 4.66. The van der Waals surface area contributed by atoms with Crippen LogP contribution in [0.3, 0.4) is 0 Å². The number of nitrogens with two attached hydrogens (primary N) is 2. The minimum atomic E-state index is -0.473. The molecule has 0 saturated carbocycles. The zero-order valence-corrected chi connectivity index (χ0v) is 16.3. The van der Waals surface area contributed by atoms with Crippen molar-refractivity contribution in [1.29, 1.82) is 5.26 Å². The molecule has 0 amide bonds. The maximum absolute atomic E-state index is 13.9. The van der Waals surface area contributed by atoms with Crippen molar-refractivity contribution in [2.24, 2.45) is 0 Å². The van der Waals surface area contributed by atoms with Gasteiger partial charge in [0.05, 0.1) is 5.69 Å². The zero-order chi connectivity index (χ0) is 20.7. The molecular weight excluding hydrogens is 411 g/mol. The summed E-state index contributed by atoms with van der Waals surface area (Å²) in [5.74, 6) is -0.809. The maximum atomic E-state index is 13.9. The summed E-state index contributed by atoms with van der Waals surface area (Å²) in [6.07, 6.45) is 0. The molecule has 2 aromatic carbocycles. The number of nitriles is 1. The smallest absolute Gasteiger partial charge is 0.205 e. The van der Waals surface area contributed by atoms with E-state index in [1.54, 1.807) is 30.3 Å². The number of hydrogen-bond donors (Lipinski definition) is 2. The highest BCUT2D eigenvalue weighted by atomic mass is 35.5. The number of fused-ring (bicyclic) bond motifs is 1. The lowest BCUT2D eigenvalue weighted by molar-refractivity contribution is 0.104. The second-order valence-corrected chi connectivity index (χ2v) is 7.67. The fourth-order valence-corrected chi connectivity index (χ4v) is 4.41. The molecule has 0 fully saturated rings. The van der Waals surface area contributed by atoms with Gasteiger partial charge in [0.1, 0.15) is 33.0 Å². The van der Waals surface area contributed by atoms with Crippen molar-refractivity contribution in [3.8, 4) is 17.2 Å². The van der Waals surface area contributed by atoms with Gasteiger partial charge in [-0.1, -0.05) is 35.9 Å². The molecule has 2 heterocycles. The van der Waals surface area contributed by atoms with E-state index in [4.69, 9.17) is 23.1 Å². The molecule has 4 rings (SSSR count). The quantitative estimate of drug-likeness (QED) is 0.451. The molecule has 0 aliphatic heterocycles. The van der Waals surface area contributed by atoms with Crippen molar-refractivity contribution in [2.75, 3.05) is 11.5 Å². The molecule has 4 aromatic rings. The Morgan fingerprint density at radius 2 is 1.93 bits per heavy atom. The molecule has 0 aliphatic rings. The number of halogens is 2. The lowest BCUT2D eigenvalue weighted by atomic mass is 9.96. The Morgan fingerprint density at radius 1 is 1.17 bits per heavy atom. The van der Waals surface area contributed by atoms with Crippen molar-refractivity contribution in [3.05, 3.63) is 75.4 Å². The van der Waals surface area contributed by atoms with Crippen LogP contribution in [0.1, 0.15) is 20.8 Å². The van der Waals surface area contributed by atoms with Gasteiger partial charge in [-0.3, -0.25) is 4.79 Å². The van der Waals surface area contributed by atoms with Crippen LogP contribution in [-0.2, 0) is 0 Å². The normalized spacial score (nSPS) is 10.8. The summed E-state index contributed by atoms with van der Waals surface area (Å²) in [4.78, 5) is 17.9. The fourth-order valence-electron chi connectivity index (χ4n) is 3.15. The monoisotopic (exact) mass is 422 g/mol. The van der Waals surface area contributed by atoms with E-state index in [9.17, 15) is 14.4 Å². The van der Waals surface area contributed by atoms with E-state index in [2.05, 4.69) is 4.98 Å². The van der Waals surface area contributed by atoms with E-state index in [1.165, 1.54) is 18.2 Å². The first-order chi connectivity index (χ1) is 13.9. The Labute approximate surface area is 174 Å². The summed E-state index contributed by atoms with van der Waals surface area (Å²) in [5.41, 5.74) is 13.7. The van der Waals surface area contributed by atoms with Crippen molar-refractivity contribution < 1.29 is 9.18 Å². The molecule has 0 spiro atoms. The lowest BCUT2D eigenvalue weighted by Gasteiger charge is -2.09. The molecule has 4 N–H and O–H groups in total. The van der Waals surface area contributed by atoms with Crippen molar-refractivity contribution in [3.63, 3.8) is 0 Å². The number of pyridine rings is 1. The predicted molar refractivity (Wildman–Crippen MR) is 113 cm³/mol. The van der Waals surface area contributed by atoms with Gasteiger partial charge in [-0.2, -0.15) is 5.26 Å². The molecular formula is C21H12ClFN4OS. The third-order valence-corrected chi connectivity index (χ3v) is 5.76. The van der Waals surface area contributed by atoms with Gasteiger partial charge in [0, 0.05) is 21.5 Å². The molecule has 142 valence electrons. The summed E-state index contributed by atoms with van der Waals surface area (Å²) in [6.45, 7) is 0. The fraction of sp³-hybridized carbons (Fsp3) is 0. The van der Waals surface area contributed by atoms with Gasteiger partial charge in [-0.25, -0.2) is 9.37 Å². The summed E-state index contributed by atoms with van der Waals surface area (Å²) in [5, 5.41) is 10.4. The third kappa shape index (κ3) is 3.18. The standard InChI is InChI=1S/C21H12ClFN4OS/c22-12-5-1-4-11(7-12)18(28)19-17(25)16-15(10-3-2-6-13(23)8-10)14(9-24)20(26)27-21(16)29-19/h1-8H,25H2,(H2,26,27). The highest BCUT2D eigenvalue weighted by Gasteiger charge is 2.25. The maximum Gasteiger partial charge on any atom is 0.205 e. The van der Waals surface area contributed by atoms with Crippen LogP contribution in [0.2, 0.25) is 5.02 Å². The zero-order valence-electron chi connectivity index (χ0n) is 14.7. The number of thiophene rings is 1. The third-order valence-electron chi connectivity index (χ3n) is 4.42. The van der Waals surface area contributed by atoms with E-state index in [1.807, 2.05) is 6.07 Å². The van der Waals surface area contributed by atoms with Crippen LogP contribution in [0.15, 0.2) is 48.5 Å². The van der Waals surface area contributed by atoms with Crippen molar-refractivity contribution >= 4 is 50.4 Å². The second kappa shape index (κ2) is 7.17. The van der Waals surface area contributed by atoms with Crippen LogP contribution in [0, 0.1) is 17.1 Å². The summed E-state index contributed by atoms with van der Waals surface area (Å²) in [6, 6.07) is 14.3. The van der Waals surface area contributed by atoms with E-state index in [-0.39, 0.29) is 27.7 Å². The van der Waals surface area contributed by atoms with Crippen LogP contribution in [0.25, 0.3) is 21.3 Å². The molecule has 0 aliphatic carbocycles. The minimum absolute atomic E-state index is 0.0118. The van der Waals surface area contributed by atoms with E-state index >= 15 is 0 Å². The molecule has 0 unspecified atom stereocenters. The number of rotatable bonds is 3. The van der Waals surface area contributed by atoms with E-state index < -0.39 is 5.82 Å². The first-order valence-corrected chi connectivity index (χ1v) is 9.58. The summed E-state index contributed by atoms with van der Waals surface area (Å²) in [7, 11) is 0. The topological polar surface area (TPSA) is 106 Å². The van der Waals surface area contributed by atoms with Gasteiger partial charge < -0.3 is 11.5 Å². The highest BCUT2D eigenvalue weighted by molar-refractivity contribution is 7.21. The van der Waals surface area contributed by atoms with E-state index in [0.717, 1.165) is 11.3 Å². The number of carbonyl (C=O) groups excluding carboxylic acids is 1. The first-order valence-electron chi connectivity index (χ1n) is 8.38. The number of aromatic nitrogens is 1. The number of hydrogen-bond acceptors (Lipinski definition) is 6. The lowest BCUT2D eigenvalue weighted by Crippen LogP contribution is -2.03. The van der Waals surface area contributed by atoms with Gasteiger partial charge in [0.25, 0.3) is 0 Å². The Morgan fingerprint density at radius 3 is 2.62 bits per heavy atom. The molecule has 2 aromatic heterocycles. The Bertz CT molecular complexity index is 1340. The van der Waals surface area contributed by atoms with E-state index in [0.29, 0.717) is 31.9 Å². The van der Waals surface area contributed by atoms with Crippen LogP contribution in [-0.4, -0.2) is 10.8 Å². The second-order valence-electron chi connectivity index (χ2n) is 6.23. The SMILES string of the molecule is N#Cc1c(N)nc2sc(C(=O)c3cccc(Cl)c3)c(N)c2c1-c1cccc(F)c1. The van der Waals surface area contributed by atoms with Crippen molar-refractivity contribution in [1.82, 2.24) is 4.98 Å². The molecule has 0 saturated heterocycles. The van der Waals surface area contributed by atoms with Crippen LogP contribution in [0.4, 0.5) is 15.9 Å². The minimum Gasteiger partial charge on any atom is -0.397 e. The Hall–Kier alpha value is -3.47. The molecule has 29 heavy (non-hydrogen) atoms. The van der Waals surface area contributed by atoms with Crippen molar-refractivity contribution in [2.45, 2.75) is 0 Å². The molecule has 0 radical (unpaired) electrons. The molecule has 5 nitrogen and oxygen atoms in total. The molecule has 0 bridgehead atoms. The highest BCUT2D eigenvalue weighted by Crippen LogP contribution is 2.43. The number of ketones is 1.